The highest BCUT2D eigenvalue weighted by Gasteiger charge is 2.29. The molecule has 0 radical (unpaired) electrons. The van der Waals surface area contributed by atoms with Crippen molar-refractivity contribution in [2.45, 2.75) is 18.7 Å². The van der Waals surface area contributed by atoms with Gasteiger partial charge in [-0.05, 0) is 53.5 Å². The molecule has 0 unspecified atom stereocenters. The monoisotopic (exact) mass is 407 g/mol. The van der Waals surface area contributed by atoms with Crippen LogP contribution in [0.5, 0.6) is 0 Å². The summed E-state index contributed by atoms with van der Waals surface area (Å²) in [5.41, 5.74) is 6.83. The Morgan fingerprint density at radius 3 is 2.71 bits per heavy atom. The second kappa shape index (κ2) is 6.12. The molecule has 28 heavy (non-hydrogen) atoms. The summed E-state index contributed by atoms with van der Waals surface area (Å²) < 4.78 is 26.5. The SMILES string of the molecule is CC(C)C1=CS(=O)(=O)c2cc3c(Nc4ccc5scnc5c4)ccnc3cc21. The second-order valence-corrected chi connectivity index (χ2v) is 9.81. The number of anilines is 2. The number of hydrogen-bond donors (Lipinski definition) is 1. The zero-order valence-corrected chi connectivity index (χ0v) is 16.9. The lowest BCUT2D eigenvalue weighted by Crippen LogP contribution is -1.98. The van der Waals surface area contributed by atoms with Crippen molar-refractivity contribution >= 4 is 59.2 Å². The van der Waals surface area contributed by atoms with Gasteiger partial charge in [-0.3, -0.25) is 4.98 Å². The average Bonchev–Trinajstić information content (AvgIpc) is 3.22. The number of rotatable bonds is 3. The summed E-state index contributed by atoms with van der Waals surface area (Å²) in [5, 5.41) is 5.57. The van der Waals surface area contributed by atoms with E-state index >= 15 is 0 Å². The Kier molecular flexibility index (Phi) is 3.79. The van der Waals surface area contributed by atoms with Gasteiger partial charge >= 0.3 is 0 Å². The van der Waals surface area contributed by atoms with Crippen LogP contribution in [0.15, 0.2) is 58.4 Å². The first-order chi connectivity index (χ1) is 13.4. The fourth-order valence-corrected chi connectivity index (χ4v) is 5.86. The normalized spacial score (nSPS) is 15.2. The minimum absolute atomic E-state index is 0.125. The van der Waals surface area contributed by atoms with Gasteiger partial charge in [0.1, 0.15) is 0 Å². The Morgan fingerprint density at radius 2 is 1.89 bits per heavy atom. The highest BCUT2D eigenvalue weighted by atomic mass is 32.2. The van der Waals surface area contributed by atoms with Crippen molar-refractivity contribution < 1.29 is 8.42 Å². The quantitative estimate of drug-likeness (QED) is 0.494. The molecule has 1 aliphatic rings. The lowest BCUT2D eigenvalue weighted by molar-refractivity contribution is 0.605. The molecular formula is C21H17N3O2S2. The van der Waals surface area contributed by atoms with E-state index in [4.69, 9.17) is 0 Å². The van der Waals surface area contributed by atoms with E-state index in [2.05, 4.69) is 15.3 Å². The van der Waals surface area contributed by atoms with Crippen LogP contribution in [-0.2, 0) is 9.84 Å². The molecule has 2 aromatic heterocycles. The third-order valence-electron chi connectivity index (χ3n) is 4.97. The van der Waals surface area contributed by atoms with Crippen molar-refractivity contribution in [2.24, 2.45) is 5.92 Å². The summed E-state index contributed by atoms with van der Waals surface area (Å²) in [5.74, 6) is 0.125. The number of benzene rings is 2. The Labute approximate surface area is 166 Å². The highest BCUT2D eigenvalue weighted by Crippen LogP contribution is 2.41. The van der Waals surface area contributed by atoms with Crippen molar-refractivity contribution in [3.8, 4) is 0 Å². The number of allylic oxidation sites excluding steroid dienone is 1. The predicted molar refractivity (Wildman–Crippen MR) is 115 cm³/mol. The maximum Gasteiger partial charge on any atom is 0.200 e. The molecule has 3 heterocycles. The van der Waals surface area contributed by atoms with Crippen LogP contribution < -0.4 is 5.32 Å². The van der Waals surface area contributed by atoms with E-state index in [9.17, 15) is 8.42 Å². The molecule has 0 fully saturated rings. The summed E-state index contributed by atoms with van der Waals surface area (Å²) in [6, 6.07) is 11.5. The Morgan fingerprint density at radius 1 is 1.04 bits per heavy atom. The van der Waals surface area contributed by atoms with Crippen molar-refractivity contribution in [1.82, 2.24) is 9.97 Å². The van der Waals surface area contributed by atoms with E-state index in [0.29, 0.717) is 4.90 Å². The Hall–Kier alpha value is -2.77. The molecule has 0 aliphatic carbocycles. The molecule has 2 aromatic carbocycles. The highest BCUT2D eigenvalue weighted by molar-refractivity contribution is 7.95. The molecule has 4 aromatic rings. The lowest BCUT2D eigenvalue weighted by Gasteiger charge is -2.13. The average molecular weight is 408 g/mol. The number of nitrogens with one attached hydrogen (secondary N) is 1. The number of nitrogens with zero attached hydrogens (tertiary/aromatic N) is 2. The molecule has 5 rings (SSSR count). The van der Waals surface area contributed by atoms with Gasteiger partial charge in [-0.25, -0.2) is 13.4 Å². The molecule has 0 atom stereocenters. The Balaban J connectivity index is 1.65. The van der Waals surface area contributed by atoms with Crippen molar-refractivity contribution in [3.63, 3.8) is 0 Å². The van der Waals surface area contributed by atoms with Gasteiger partial charge in [0.05, 0.1) is 26.1 Å². The zero-order chi connectivity index (χ0) is 19.5. The summed E-state index contributed by atoms with van der Waals surface area (Å²) in [7, 11) is -3.43. The molecule has 1 aliphatic heterocycles. The first kappa shape index (κ1) is 17.3. The van der Waals surface area contributed by atoms with Crippen LogP contribution in [0.25, 0.3) is 26.7 Å². The number of aromatic nitrogens is 2. The van der Waals surface area contributed by atoms with Gasteiger partial charge in [0.15, 0.2) is 0 Å². The van der Waals surface area contributed by atoms with Crippen LogP contribution >= 0.6 is 11.3 Å². The van der Waals surface area contributed by atoms with Gasteiger partial charge < -0.3 is 5.32 Å². The minimum Gasteiger partial charge on any atom is -0.355 e. The van der Waals surface area contributed by atoms with Crippen LogP contribution in [0, 0.1) is 5.92 Å². The smallest absolute Gasteiger partial charge is 0.200 e. The van der Waals surface area contributed by atoms with Crippen molar-refractivity contribution in [1.29, 1.82) is 0 Å². The summed E-state index contributed by atoms with van der Waals surface area (Å²) in [6.07, 6.45) is 1.74. The third kappa shape index (κ3) is 2.70. The predicted octanol–water partition coefficient (Wildman–Crippen LogP) is 5.37. The van der Waals surface area contributed by atoms with Crippen LogP contribution in [-0.4, -0.2) is 18.4 Å². The van der Waals surface area contributed by atoms with Crippen LogP contribution in [0.3, 0.4) is 0 Å². The molecule has 1 N–H and O–H groups in total. The van der Waals surface area contributed by atoms with Gasteiger partial charge in [0.25, 0.3) is 0 Å². The van der Waals surface area contributed by atoms with E-state index in [0.717, 1.165) is 43.6 Å². The number of fused-ring (bicyclic) bond motifs is 3. The molecule has 7 heteroatoms. The first-order valence-electron chi connectivity index (χ1n) is 8.92. The topological polar surface area (TPSA) is 72.0 Å². The van der Waals surface area contributed by atoms with Crippen LogP contribution in [0.1, 0.15) is 19.4 Å². The van der Waals surface area contributed by atoms with Crippen LogP contribution in [0.4, 0.5) is 11.4 Å². The van der Waals surface area contributed by atoms with Crippen molar-refractivity contribution in [3.05, 3.63) is 59.1 Å². The maximum absolute atomic E-state index is 12.7. The van der Waals surface area contributed by atoms with Gasteiger partial charge in [-0.1, -0.05) is 13.8 Å². The summed E-state index contributed by atoms with van der Waals surface area (Å²) in [4.78, 5) is 9.18. The summed E-state index contributed by atoms with van der Waals surface area (Å²) in [6.45, 7) is 4.00. The standard InChI is InChI=1S/C21H17N3O2S2/c1-12(2)16-10-28(25,26)21-9-15-17(5-6-22-18(15)8-14(16)21)24-13-3-4-20-19(7-13)23-11-27-20/h3-12H,1-2H3,(H,22,24). The molecule has 0 saturated carbocycles. The number of sulfone groups is 1. The molecule has 0 spiro atoms. The zero-order valence-electron chi connectivity index (χ0n) is 15.3. The molecule has 5 nitrogen and oxygen atoms in total. The van der Waals surface area contributed by atoms with Crippen molar-refractivity contribution in [2.75, 3.05) is 5.32 Å². The fourth-order valence-electron chi connectivity index (χ4n) is 3.58. The van der Waals surface area contributed by atoms with E-state index in [-0.39, 0.29) is 5.92 Å². The lowest BCUT2D eigenvalue weighted by atomic mass is 9.96. The van der Waals surface area contributed by atoms with Gasteiger partial charge in [0, 0.05) is 28.4 Å². The second-order valence-electron chi connectivity index (χ2n) is 7.16. The summed E-state index contributed by atoms with van der Waals surface area (Å²) >= 11 is 1.60. The number of thiazole rings is 1. The van der Waals surface area contributed by atoms with Crippen LogP contribution in [0.2, 0.25) is 0 Å². The van der Waals surface area contributed by atoms with E-state index < -0.39 is 9.84 Å². The molecular weight excluding hydrogens is 390 g/mol. The van der Waals surface area contributed by atoms with Gasteiger partial charge in [0.2, 0.25) is 9.84 Å². The maximum atomic E-state index is 12.7. The minimum atomic E-state index is -3.43. The number of pyridine rings is 1. The van der Waals surface area contributed by atoms with Gasteiger partial charge in [-0.15, -0.1) is 11.3 Å². The van der Waals surface area contributed by atoms with E-state index in [1.165, 1.54) is 5.41 Å². The molecule has 140 valence electrons. The molecule has 0 bridgehead atoms. The molecule has 0 saturated heterocycles. The fraction of sp³-hybridized carbons (Fsp3) is 0.143. The number of hydrogen-bond acceptors (Lipinski definition) is 6. The Bertz CT molecular complexity index is 1390. The largest absolute Gasteiger partial charge is 0.355 e. The van der Waals surface area contributed by atoms with Gasteiger partial charge in [-0.2, -0.15) is 0 Å². The third-order valence-corrected chi connectivity index (χ3v) is 7.30. The molecule has 0 amide bonds. The van der Waals surface area contributed by atoms with E-state index in [1.807, 2.05) is 49.7 Å². The first-order valence-corrected chi connectivity index (χ1v) is 11.3. The van der Waals surface area contributed by atoms with E-state index in [1.54, 1.807) is 23.6 Å².